The minimum absolute atomic E-state index is 0.0928. The van der Waals surface area contributed by atoms with E-state index >= 15 is 0 Å². The maximum absolute atomic E-state index is 10.9. The molecule has 0 atom stereocenters. The summed E-state index contributed by atoms with van der Waals surface area (Å²) < 4.78 is 1.88. The number of hydrogen-bond acceptors (Lipinski definition) is 4. The zero-order chi connectivity index (χ0) is 13.0. The molecule has 1 aromatic heterocycles. The van der Waals surface area contributed by atoms with Gasteiger partial charge in [0, 0.05) is 25.5 Å². The number of anilines is 1. The first kappa shape index (κ1) is 12.4. The van der Waals surface area contributed by atoms with Gasteiger partial charge in [0.1, 0.15) is 10.7 Å². The van der Waals surface area contributed by atoms with Crippen molar-refractivity contribution in [2.24, 2.45) is 0 Å². The van der Waals surface area contributed by atoms with E-state index in [1.807, 2.05) is 10.8 Å². The van der Waals surface area contributed by atoms with Gasteiger partial charge in [-0.1, -0.05) is 17.7 Å². The average Bonchev–Trinajstić information content (AvgIpc) is 2.81. The summed E-state index contributed by atoms with van der Waals surface area (Å²) in [5.41, 5.74) is 0.331. The van der Waals surface area contributed by atoms with Crippen LogP contribution in [0.5, 0.6) is 0 Å². The Morgan fingerprint density at radius 2 is 2.33 bits per heavy atom. The normalized spacial score (nSPS) is 10.3. The van der Waals surface area contributed by atoms with Gasteiger partial charge in [-0.2, -0.15) is 0 Å². The number of hydrogen-bond donors (Lipinski definition) is 1. The summed E-state index contributed by atoms with van der Waals surface area (Å²) in [4.78, 5) is 14.3. The van der Waals surface area contributed by atoms with Crippen LogP contribution in [0.2, 0.25) is 5.02 Å². The SMILES string of the molecule is O=[N+]([O-])c1c(Cl)cccc1NCCn1ccnc1. The van der Waals surface area contributed by atoms with Crippen molar-refractivity contribution < 1.29 is 4.92 Å². The molecule has 6 nitrogen and oxygen atoms in total. The van der Waals surface area contributed by atoms with Crippen LogP contribution in [-0.4, -0.2) is 21.0 Å². The molecule has 2 aromatic rings. The van der Waals surface area contributed by atoms with Crippen LogP contribution in [0.15, 0.2) is 36.9 Å². The van der Waals surface area contributed by atoms with E-state index in [2.05, 4.69) is 10.3 Å². The second-order valence-corrected chi connectivity index (χ2v) is 4.03. The topological polar surface area (TPSA) is 73.0 Å². The van der Waals surface area contributed by atoms with E-state index in [9.17, 15) is 10.1 Å². The molecule has 94 valence electrons. The molecule has 0 aliphatic carbocycles. The quantitative estimate of drug-likeness (QED) is 0.667. The van der Waals surface area contributed by atoms with Gasteiger partial charge in [0.2, 0.25) is 0 Å². The first-order valence-corrected chi connectivity index (χ1v) is 5.69. The number of nitro benzene ring substituents is 1. The van der Waals surface area contributed by atoms with Gasteiger partial charge < -0.3 is 9.88 Å². The van der Waals surface area contributed by atoms with Crippen LogP contribution in [0.4, 0.5) is 11.4 Å². The number of nitrogens with one attached hydrogen (secondary N) is 1. The standard InChI is InChI=1S/C11H11ClN4O2/c12-9-2-1-3-10(11(9)16(17)18)14-5-7-15-6-4-13-8-15/h1-4,6,8,14H,5,7H2. The molecule has 18 heavy (non-hydrogen) atoms. The van der Waals surface area contributed by atoms with Crippen LogP contribution >= 0.6 is 11.6 Å². The predicted octanol–water partition coefficient (Wildman–Crippen LogP) is 2.56. The van der Waals surface area contributed by atoms with Crippen molar-refractivity contribution in [3.8, 4) is 0 Å². The number of aromatic nitrogens is 2. The van der Waals surface area contributed by atoms with Crippen molar-refractivity contribution in [2.45, 2.75) is 6.54 Å². The summed E-state index contributed by atoms with van der Waals surface area (Å²) in [5.74, 6) is 0. The van der Waals surface area contributed by atoms with E-state index in [1.54, 1.807) is 24.7 Å². The minimum Gasteiger partial charge on any atom is -0.378 e. The molecular formula is C11H11ClN4O2. The van der Waals surface area contributed by atoms with Gasteiger partial charge >= 0.3 is 5.69 Å². The predicted molar refractivity (Wildman–Crippen MR) is 68.8 cm³/mol. The van der Waals surface area contributed by atoms with Gasteiger partial charge in [-0.05, 0) is 12.1 Å². The fraction of sp³-hybridized carbons (Fsp3) is 0.182. The van der Waals surface area contributed by atoms with Gasteiger partial charge in [-0.3, -0.25) is 10.1 Å². The smallest absolute Gasteiger partial charge is 0.310 e. The lowest BCUT2D eigenvalue weighted by molar-refractivity contribution is -0.383. The van der Waals surface area contributed by atoms with Crippen LogP contribution < -0.4 is 5.32 Å². The molecule has 0 fully saturated rings. The Morgan fingerprint density at radius 3 is 3.00 bits per heavy atom. The Hall–Kier alpha value is -2.08. The highest BCUT2D eigenvalue weighted by atomic mass is 35.5. The first-order valence-electron chi connectivity index (χ1n) is 5.31. The van der Waals surface area contributed by atoms with Crippen molar-refractivity contribution in [1.29, 1.82) is 0 Å². The van der Waals surface area contributed by atoms with E-state index in [1.165, 1.54) is 6.07 Å². The molecule has 1 N–H and O–H groups in total. The van der Waals surface area contributed by atoms with Gasteiger partial charge in [-0.15, -0.1) is 0 Å². The largest absolute Gasteiger partial charge is 0.378 e. The van der Waals surface area contributed by atoms with Gasteiger partial charge in [0.25, 0.3) is 0 Å². The molecule has 0 unspecified atom stereocenters. The highest BCUT2D eigenvalue weighted by Crippen LogP contribution is 2.31. The molecule has 0 bridgehead atoms. The molecule has 0 radical (unpaired) electrons. The highest BCUT2D eigenvalue weighted by Gasteiger charge is 2.17. The molecule has 1 aromatic carbocycles. The molecular weight excluding hydrogens is 256 g/mol. The maximum Gasteiger partial charge on any atom is 0.310 e. The van der Waals surface area contributed by atoms with E-state index < -0.39 is 4.92 Å². The van der Waals surface area contributed by atoms with Crippen molar-refractivity contribution in [3.63, 3.8) is 0 Å². The summed E-state index contributed by atoms with van der Waals surface area (Å²) >= 11 is 5.81. The van der Waals surface area contributed by atoms with Crippen LogP contribution in [-0.2, 0) is 6.54 Å². The monoisotopic (exact) mass is 266 g/mol. The summed E-state index contributed by atoms with van der Waals surface area (Å²) in [7, 11) is 0. The lowest BCUT2D eigenvalue weighted by Gasteiger charge is -2.08. The number of rotatable bonds is 5. The maximum atomic E-state index is 10.9. The second kappa shape index (κ2) is 5.50. The van der Waals surface area contributed by atoms with Gasteiger partial charge in [0.05, 0.1) is 11.3 Å². The van der Waals surface area contributed by atoms with Crippen molar-refractivity contribution in [2.75, 3.05) is 11.9 Å². The van der Waals surface area contributed by atoms with Crippen molar-refractivity contribution in [3.05, 3.63) is 52.1 Å². The Labute approximate surface area is 108 Å². The molecule has 0 saturated carbocycles. The number of para-hydroxylation sites is 1. The van der Waals surface area contributed by atoms with Gasteiger partial charge in [0.15, 0.2) is 0 Å². The third-order valence-corrected chi connectivity index (χ3v) is 2.72. The molecule has 0 spiro atoms. The number of halogens is 1. The Balaban J connectivity index is 2.05. The third-order valence-electron chi connectivity index (χ3n) is 2.41. The fourth-order valence-corrected chi connectivity index (χ4v) is 1.83. The van der Waals surface area contributed by atoms with Crippen LogP contribution in [0.25, 0.3) is 0 Å². The van der Waals surface area contributed by atoms with Crippen molar-refractivity contribution >= 4 is 23.0 Å². The van der Waals surface area contributed by atoms with E-state index in [-0.39, 0.29) is 10.7 Å². The molecule has 0 aliphatic rings. The molecule has 1 heterocycles. The lowest BCUT2D eigenvalue weighted by Crippen LogP contribution is -2.10. The zero-order valence-corrected chi connectivity index (χ0v) is 10.2. The fourth-order valence-electron chi connectivity index (χ4n) is 1.58. The molecule has 2 rings (SSSR count). The van der Waals surface area contributed by atoms with E-state index in [4.69, 9.17) is 11.6 Å². The van der Waals surface area contributed by atoms with E-state index in [0.29, 0.717) is 18.8 Å². The minimum atomic E-state index is -0.484. The third kappa shape index (κ3) is 2.78. The second-order valence-electron chi connectivity index (χ2n) is 3.62. The lowest BCUT2D eigenvalue weighted by atomic mass is 10.2. The summed E-state index contributed by atoms with van der Waals surface area (Å²) in [6.07, 6.45) is 5.20. The Morgan fingerprint density at radius 1 is 1.50 bits per heavy atom. The zero-order valence-electron chi connectivity index (χ0n) is 9.41. The number of nitro groups is 1. The first-order chi connectivity index (χ1) is 8.68. The number of nitrogens with zero attached hydrogens (tertiary/aromatic N) is 3. The van der Waals surface area contributed by atoms with E-state index in [0.717, 1.165) is 0 Å². The Kier molecular flexibility index (Phi) is 3.78. The summed E-state index contributed by atoms with van der Waals surface area (Å²) in [6.45, 7) is 1.22. The van der Waals surface area contributed by atoms with Gasteiger partial charge in [-0.25, -0.2) is 4.98 Å². The van der Waals surface area contributed by atoms with Crippen molar-refractivity contribution in [1.82, 2.24) is 9.55 Å². The molecule has 7 heteroatoms. The Bertz CT molecular complexity index is 542. The molecule has 0 aliphatic heterocycles. The van der Waals surface area contributed by atoms with Crippen LogP contribution in [0, 0.1) is 10.1 Å². The van der Waals surface area contributed by atoms with Crippen LogP contribution in [0.3, 0.4) is 0 Å². The average molecular weight is 267 g/mol. The summed E-state index contributed by atoms with van der Waals surface area (Å²) in [5, 5.41) is 14.0. The highest BCUT2D eigenvalue weighted by molar-refractivity contribution is 6.33. The molecule has 0 saturated heterocycles. The summed E-state index contributed by atoms with van der Waals surface area (Å²) in [6, 6.07) is 4.81. The van der Waals surface area contributed by atoms with Crippen LogP contribution in [0.1, 0.15) is 0 Å². The molecule has 0 amide bonds. The number of benzene rings is 1. The number of imidazole rings is 1.